The van der Waals surface area contributed by atoms with Gasteiger partial charge >= 0.3 is 0 Å². The molecule has 1 aliphatic rings. The van der Waals surface area contributed by atoms with E-state index in [-0.39, 0.29) is 6.10 Å². The molecule has 3 nitrogen and oxygen atoms in total. The number of nitrogens with zero attached hydrogens (tertiary/aromatic N) is 1. The lowest BCUT2D eigenvalue weighted by atomic mass is 9.95. The minimum Gasteiger partial charge on any atom is -0.379 e. The fourth-order valence-corrected chi connectivity index (χ4v) is 3.10. The van der Waals surface area contributed by atoms with Gasteiger partial charge in [0.15, 0.2) is 0 Å². The van der Waals surface area contributed by atoms with E-state index in [0.29, 0.717) is 5.92 Å². The molecule has 1 N–H and O–H groups in total. The largest absolute Gasteiger partial charge is 0.379 e. The number of ether oxygens (including phenoxy) is 1. The lowest BCUT2D eigenvalue weighted by Crippen LogP contribution is -2.44. The zero-order chi connectivity index (χ0) is 13.8. The lowest BCUT2D eigenvalue weighted by molar-refractivity contribution is 0.0498. The van der Waals surface area contributed by atoms with Crippen LogP contribution < -0.4 is 10.2 Å². The first kappa shape index (κ1) is 14.6. The van der Waals surface area contributed by atoms with Gasteiger partial charge in [0.25, 0.3) is 0 Å². The molecule has 1 aromatic rings. The Labute approximate surface area is 120 Å². The Bertz CT molecular complexity index is 425. The number of halogens is 1. The minimum absolute atomic E-state index is 0.285. The topological polar surface area (TPSA) is 24.5 Å². The molecule has 0 saturated carbocycles. The van der Waals surface area contributed by atoms with Crippen LogP contribution in [0.5, 0.6) is 0 Å². The molecule has 19 heavy (non-hydrogen) atoms. The summed E-state index contributed by atoms with van der Waals surface area (Å²) < 4.78 is 5.59. The highest BCUT2D eigenvalue weighted by molar-refractivity contribution is 6.33. The van der Waals surface area contributed by atoms with E-state index in [2.05, 4.69) is 23.2 Å². The first-order valence-corrected chi connectivity index (χ1v) is 7.25. The summed E-state index contributed by atoms with van der Waals surface area (Å²) in [5.41, 5.74) is 2.41. The zero-order valence-corrected chi connectivity index (χ0v) is 12.7. The van der Waals surface area contributed by atoms with Crippen molar-refractivity contribution < 1.29 is 4.74 Å². The van der Waals surface area contributed by atoms with Crippen molar-refractivity contribution in [1.82, 2.24) is 5.32 Å². The third-order valence-corrected chi connectivity index (χ3v) is 4.25. The maximum atomic E-state index is 6.42. The van der Waals surface area contributed by atoms with Gasteiger partial charge in [-0.1, -0.05) is 30.7 Å². The van der Waals surface area contributed by atoms with Crippen molar-refractivity contribution in [3.05, 3.63) is 28.8 Å². The Balaban J connectivity index is 2.26. The first-order valence-electron chi connectivity index (χ1n) is 6.87. The SMILES string of the molecule is CNCc1cccc(Cl)c1N1CCC(C)C(OC)C1. The van der Waals surface area contributed by atoms with Crippen molar-refractivity contribution in [3.8, 4) is 0 Å². The molecule has 0 bridgehead atoms. The van der Waals surface area contributed by atoms with Gasteiger partial charge in [0.2, 0.25) is 0 Å². The maximum Gasteiger partial charge on any atom is 0.0772 e. The summed E-state index contributed by atoms with van der Waals surface area (Å²) in [5, 5.41) is 4.04. The van der Waals surface area contributed by atoms with E-state index in [1.54, 1.807) is 7.11 Å². The Kier molecular flexibility index (Phi) is 5.08. The van der Waals surface area contributed by atoms with Crippen LogP contribution in [0.4, 0.5) is 5.69 Å². The van der Waals surface area contributed by atoms with Gasteiger partial charge in [0.1, 0.15) is 0 Å². The second-order valence-corrected chi connectivity index (χ2v) is 5.67. The number of rotatable bonds is 4. The predicted octanol–water partition coefficient (Wildman–Crippen LogP) is 2.92. The van der Waals surface area contributed by atoms with Crippen LogP contribution in [0.15, 0.2) is 18.2 Å². The molecule has 106 valence electrons. The average Bonchev–Trinajstić information content (AvgIpc) is 2.40. The summed E-state index contributed by atoms with van der Waals surface area (Å²) >= 11 is 6.42. The Morgan fingerprint density at radius 2 is 2.26 bits per heavy atom. The van der Waals surface area contributed by atoms with Crippen LogP contribution >= 0.6 is 11.6 Å². The molecule has 2 unspecified atom stereocenters. The highest BCUT2D eigenvalue weighted by atomic mass is 35.5. The summed E-state index contributed by atoms with van der Waals surface area (Å²) in [6.07, 6.45) is 1.43. The molecule has 4 heteroatoms. The molecule has 1 heterocycles. The van der Waals surface area contributed by atoms with E-state index in [9.17, 15) is 0 Å². The van der Waals surface area contributed by atoms with E-state index >= 15 is 0 Å². The monoisotopic (exact) mass is 282 g/mol. The number of methoxy groups -OCH3 is 1. The van der Waals surface area contributed by atoms with Crippen molar-refractivity contribution >= 4 is 17.3 Å². The summed E-state index contributed by atoms with van der Waals surface area (Å²) in [5.74, 6) is 0.608. The number of hydrogen-bond acceptors (Lipinski definition) is 3. The van der Waals surface area contributed by atoms with Gasteiger partial charge in [-0.15, -0.1) is 0 Å². The first-order chi connectivity index (χ1) is 9.17. The molecule has 1 saturated heterocycles. The standard InChI is InChI=1S/C15H23ClN2O/c1-11-7-8-18(10-14(11)19-3)15-12(9-17-2)5-4-6-13(15)16/h4-6,11,14,17H,7-10H2,1-3H3. The Morgan fingerprint density at radius 1 is 1.47 bits per heavy atom. The van der Waals surface area contributed by atoms with Crippen LogP contribution in [0.3, 0.4) is 0 Å². The van der Waals surface area contributed by atoms with E-state index in [0.717, 1.165) is 36.8 Å². The zero-order valence-electron chi connectivity index (χ0n) is 11.9. The van der Waals surface area contributed by atoms with Gasteiger partial charge in [0.05, 0.1) is 16.8 Å². The van der Waals surface area contributed by atoms with E-state index in [1.807, 2.05) is 19.2 Å². The Hall–Kier alpha value is -0.770. The van der Waals surface area contributed by atoms with Gasteiger partial charge < -0.3 is 15.0 Å². The van der Waals surface area contributed by atoms with Crippen LogP contribution in [-0.2, 0) is 11.3 Å². The van der Waals surface area contributed by atoms with Gasteiger partial charge in [-0.2, -0.15) is 0 Å². The van der Waals surface area contributed by atoms with Crippen LogP contribution in [0, 0.1) is 5.92 Å². The normalized spacial score (nSPS) is 23.7. The number of nitrogens with one attached hydrogen (secondary N) is 1. The molecule has 0 aliphatic carbocycles. The summed E-state index contributed by atoms with van der Waals surface area (Å²) in [7, 11) is 3.76. The highest BCUT2D eigenvalue weighted by Crippen LogP contribution is 2.33. The molecular formula is C15H23ClN2O. The third-order valence-electron chi connectivity index (χ3n) is 3.95. The molecular weight excluding hydrogens is 260 g/mol. The molecule has 1 aromatic carbocycles. The highest BCUT2D eigenvalue weighted by Gasteiger charge is 2.28. The molecule has 1 aliphatic heterocycles. The quantitative estimate of drug-likeness (QED) is 0.919. The molecule has 0 radical (unpaired) electrons. The van der Waals surface area contributed by atoms with E-state index < -0.39 is 0 Å². The van der Waals surface area contributed by atoms with Gasteiger partial charge in [-0.25, -0.2) is 0 Å². The van der Waals surface area contributed by atoms with Crippen LogP contribution in [0.1, 0.15) is 18.9 Å². The van der Waals surface area contributed by atoms with Crippen LogP contribution in [0.25, 0.3) is 0 Å². The molecule has 0 aromatic heterocycles. The number of anilines is 1. The number of benzene rings is 1. The lowest BCUT2D eigenvalue weighted by Gasteiger charge is -2.38. The van der Waals surface area contributed by atoms with Gasteiger partial charge in [-0.05, 0) is 31.0 Å². The fourth-order valence-electron chi connectivity index (χ4n) is 2.79. The molecule has 2 rings (SSSR count). The smallest absolute Gasteiger partial charge is 0.0772 e. The summed E-state index contributed by atoms with van der Waals surface area (Å²) in [4.78, 5) is 2.36. The van der Waals surface area contributed by atoms with Crippen molar-refractivity contribution in [2.75, 3.05) is 32.1 Å². The molecule has 0 spiro atoms. The average molecular weight is 283 g/mol. The predicted molar refractivity (Wildman–Crippen MR) is 81.0 cm³/mol. The van der Waals surface area contributed by atoms with Gasteiger partial charge in [0, 0.05) is 26.7 Å². The molecule has 0 amide bonds. The van der Waals surface area contributed by atoms with Gasteiger partial charge in [-0.3, -0.25) is 0 Å². The minimum atomic E-state index is 0.285. The number of hydrogen-bond donors (Lipinski definition) is 1. The van der Waals surface area contributed by atoms with Crippen LogP contribution in [-0.4, -0.2) is 33.4 Å². The van der Waals surface area contributed by atoms with Crippen molar-refractivity contribution in [2.45, 2.75) is 26.0 Å². The molecule has 2 atom stereocenters. The second-order valence-electron chi connectivity index (χ2n) is 5.26. The van der Waals surface area contributed by atoms with E-state index in [4.69, 9.17) is 16.3 Å². The van der Waals surface area contributed by atoms with Crippen molar-refractivity contribution in [1.29, 1.82) is 0 Å². The second kappa shape index (κ2) is 6.60. The van der Waals surface area contributed by atoms with Crippen molar-refractivity contribution in [2.24, 2.45) is 5.92 Å². The Morgan fingerprint density at radius 3 is 2.95 bits per heavy atom. The van der Waals surface area contributed by atoms with E-state index in [1.165, 1.54) is 5.56 Å². The third kappa shape index (κ3) is 3.22. The number of piperidine rings is 1. The number of para-hydroxylation sites is 1. The van der Waals surface area contributed by atoms with Crippen LogP contribution in [0.2, 0.25) is 5.02 Å². The molecule has 1 fully saturated rings. The summed E-state index contributed by atoms with van der Waals surface area (Å²) in [6.45, 7) is 5.05. The van der Waals surface area contributed by atoms with Crippen molar-refractivity contribution in [3.63, 3.8) is 0 Å². The summed E-state index contributed by atoms with van der Waals surface area (Å²) in [6, 6.07) is 6.12. The fraction of sp³-hybridized carbons (Fsp3) is 0.600. The maximum absolute atomic E-state index is 6.42.